The topological polar surface area (TPSA) is 18.1 Å². The summed E-state index contributed by atoms with van der Waals surface area (Å²) in [7, 11) is 9.00. The molecule has 9 aromatic rings. The third-order valence-corrected chi connectivity index (χ3v) is 21.1. The van der Waals surface area contributed by atoms with Gasteiger partial charge in [0.05, 0.1) is 0 Å². The first kappa shape index (κ1) is 52.0. The van der Waals surface area contributed by atoms with Crippen LogP contribution >= 0.6 is 0 Å². The minimum absolute atomic E-state index is 0.00273. The molecule has 0 spiro atoms. The second-order valence-corrected chi connectivity index (χ2v) is 28.2. The van der Waals surface area contributed by atoms with Gasteiger partial charge in [0, 0.05) is 106 Å². The summed E-state index contributed by atoms with van der Waals surface area (Å²) in [5.41, 5.74) is 25.7. The minimum atomic E-state index is -1.73. The Morgan fingerprint density at radius 2 is 0.711 bits per heavy atom. The van der Waals surface area contributed by atoms with Crippen molar-refractivity contribution in [1.29, 1.82) is 0 Å². The molecule has 0 bridgehead atoms. The van der Waals surface area contributed by atoms with Crippen molar-refractivity contribution in [1.82, 2.24) is 0 Å². The quantitative estimate of drug-likeness (QED) is 0.130. The van der Waals surface area contributed by atoms with Crippen molar-refractivity contribution in [2.24, 2.45) is 21.1 Å². The van der Waals surface area contributed by atoms with Crippen LogP contribution < -0.4 is 33.9 Å². The molecule has 3 aliphatic rings. The van der Waals surface area contributed by atoms with E-state index in [9.17, 15) is 0 Å². The SMILES string of the molecule is Cc1cc2c(cc1-c1cccc[n+]1C)C(C)(C)c1ccccc1C2(C)C.Cc1cc2c(cc1-c1cccc[n+]1C)C(C)(C)c1ccccc1N2C.Cc1cc2c(cc1-c1cccc[n+]1C)[Si](C)(C)c1ccccc1N2C. The van der Waals surface area contributed by atoms with Crippen LogP contribution in [0.15, 0.2) is 182 Å². The van der Waals surface area contributed by atoms with Crippen LogP contribution in [0.1, 0.15) is 91.6 Å². The van der Waals surface area contributed by atoms with Gasteiger partial charge in [0.25, 0.3) is 0 Å². The van der Waals surface area contributed by atoms with E-state index in [1.165, 1.54) is 117 Å². The van der Waals surface area contributed by atoms with Crippen molar-refractivity contribution in [2.45, 2.75) is 91.7 Å². The second-order valence-electron chi connectivity index (χ2n) is 23.9. The molecular weight excluding hydrogens is 939 g/mol. The molecule has 5 nitrogen and oxygen atoms in total. The van der Waals surface area contributed by atoms with Crippen LogP contribution in [-0.2, 0) is 37.4 Å². The van der Waals surface area contributed by atoms with Crippen LogP contribution in [-0.4, -0.2) is 22.2 Å². The maximum absolute atomic E-state index is 2.47. The van der Waals surface area contributed by atoms with Crippen molar-refractivity contribution < 1.29 is 13.7 Å². The molecule has 76 heavy (non-hydrogen) atoms. The minimum Gasteiger partial charge on any atom is -0.345 e. The van der Waals surface area contributed by atoms with Gasteiger partial charge in [-0.1, -0.05) is 121 Å². The number of hydrogen-bond donors (Lipinski definition) is 0. The monoisotopic (exact) mass is 1020 g/mol. The molecule has 1 aliphatic carbocycles. The van der Waals surface area contributed by atoms with Crippen LogP contribution in [0.2, 0.25) is 13.1 Å². The lowest BCUT2D eigenvalue weighted by atomic mass is 9.59. The zero-order valence-corrected chi connectivity index (χ0v) is 49.1. The first-order valence-corrected chi connectivity index (χ1v) is 30.1. The van der Waals surface area contributed by atoms with Gasteiger partial charge in [0.1, 0.15) is 29.2 Å². The van der Waals surface area contributed by atoms with Crippen molar-refractivity contribution in [3.8, 4) is 33.8 Å². The van der Waals surface area contributed by atoms with E-state index < -0.39 is 8.07 Å². The van der Waals surface area contributed by atoms with E-state index in [1.807, 2.05) is 0 Å². The average molecular weight is 1020 g/mol. The van der Waals surface area contributed by atoms with E-state index in [0.717, 1.165) is 0 Å². The van der Waals surface area contributed by atoms with Gasteiger partial charge in [0.2, 0.25) is 17.1 Å². The molecule has 6 heteroatoms. The van der Waals surface area contributed by atoms with Crippen molar-refractivity contribution in [3.63, 3.8) is 0 Å². The van der Waals surface area contributed by atoms with Gasteiger partial charge in [-0.15, -0.1) is 0 Å². The van der Waals surface area contributed by atoms with Gasteiger partial charge >= 0.3 is 0 Å². The van der Waals surface area contributed by atoms with Crippen molar-refractivity contribution in [3.05, 3.63) is 232 Å². The average Bonchev–Trinajstić information content (AvgIpc) is 3.40. The molecule has 0 fully saturated rings. The van der Waals surface area contributed by atoms with Gasteiger partial charge in [-0.25, -0.2) is 13.7 Å². The number of pyridine rings is 3. The summed E-state index contributed by atoms with van der Waals surface area (Å²) in [5, 5.41) is 3.05. The van der Waals surface area contributed by atoms with Crippen LogP contribution in [0, 0.1) is 20.8 Å². The van der Waals surface area contributed by atoms with E-state index in [1.54, 1.807) is 0 Å². The van der Waals surface area contributed by atoms with Crippen molar-refractivity contribution >= 4 is 41.2 Å². The van der Waals surface area contributed by atoms with E-state index in [2.05, 4.69) is 317 Å². The lowest BCUT2D eigenvalue weighted by Crippen LogP contribution is -2.58. The molecular formula is C70H78N5Si+3. The lowest BCUT2D eigenvalue weighted by molar-refractivity contribution is -0.660. The zero-order valence-electron chi connectivity index (χ0n) is 48.1. The number of benzene rings is 6. The third-order valence-electron chi connectivity index (χ3n) is 17.6. The highest BCUT2D eigenvalue weighted by Gasteiger charge is 2.43. The summed E-state index contributed by atoms with van der Waals surface area (Å²) >= 11 is 0. The molecule has 3 aromatic heterocycles. The molecule has 6 aromatic carbocycles. The molecule has 384 valence electrons. The Kier molecular flexibility index (Phi) is 13.2. The molecule has 0 atom stereocenters. The standard InChI is InChI=1S/C25H28N.C23H25N2.C22H25N2Si/c1-17-15-21-22(16-18(17)23-13-9-10-14-26(23)6)25(4,5)20-12-8-7-11-19(20)24(21,2)3;1-16-14-22-19(15-17(16)20-11-8-9-13-24(20)4)23(2,3)18-10-6-7-12-21(18)25(22)5;1-16-14-20-22(15-17(16)18-10-8-9-13-23(18)2)25(4,5)21-12-7-6-11-19(21)24(20)3/h7-16H,1-6H3;2*6-15H,1-5H3/q3*+1. The summed E-state index contributed by atoms with van der Waals surface area (Å²) in [6.45, 7) is 25.8. The Hall–Kier alpha value is -7.41. The highest BCUT2D eigenvalue weighted by atomic mass is 28.3. The molecule has 0 amide bonds. The molecule has 0 radical (unpaired) electrons. The zero-order chi connectivity index (χ0) is 54.2. The predicted molar refractivity (Wildman–Crippen MR) is 322 cm³/mol. The number of aryl methyl sites for hydroxylation is 6. The first-order chi connectivity index (χ1) is 36.1. The Morgan fingerprint density at radius 3 is 1.22 bits per heavy atom. The predicted octanol–water partition coefficient (Wildman–Crippen LogP) is 13.7. The summed E-state index contributed by atoms with van der Waals surface area (Å²) < 4.78 is 6.62. The maximum Gasteiger partial charge on any atom is 0.212 e. The smallest absolute Gasteiger partial charge is 0.212 e. The Balaban J connectivity index is 0.000000130. The Morgan fingerprint density at radius 1 is 0.342 bits per heavy atom. The Labute approximate surface area is 455 Å². The van der Waals surface area contributed by atoms with E-state index in [4.69, 9.17) is 0 Å². The fourth-order valence-corrected chi connectivity index (χ4v) is 16.0. The number of anilines is 4. The van der Waals surface area contributed by atoms with Gasteiger partial charge < -0.3 is 9.80 Å². The maximum atomic E-state index is 2.47. The van der Waals surface area contributed by atoms with Gasteiger partial charge in [-0.3, -0.25) is 0 Å². The summed E-state index contributed by atoms with van der Waals surface area (Å²) in [4.78, 5) is 4.70. The summed E-state index contributed by atoms with van der Waals surface area (Å²) in [6, 6.07) is 60.3. The molecule has 0 unspecified atom stereocenters. The summed E-state index contributed by atoms with van der Waals surface area (Å²) in [5.74, 6) is 0. The third kappa shape index (κ3) is 8.59. The fourth-order valence-electron chi connectivity index (χ4n) is 12.9. The number of nitrogens with zero attached hydrogens (tertiary/aromatic N) is 5. The first-order valence-electron chi connectivity index (χ1n) is 27.1. The number of para-hydroxylation sites is 2. The van der Waals surface area contributed by atoms with Crippen LogP contribution in [0.3, 0.4) is 0 Å². The van der Waals surface area contributed by atoms with Gasteiger partial charge in [-0.2, -0.15) is 0 Å². The molecule has 2 aliphatic heterocycles. The van der Waals surface area contributed by atoms with Crippen molar-refractivity contribution in [2.75, 3.05) is 23.9 Å². The highest BCUT2D eigenvalue weighted by Crippen LogP contribution is 2.52. The Bertz CT molecular complexity index is 3570. The number of hydrogen-bond acceptors (Lipinski definition) is 2. The summed E-state index contributed by atoms with van der Waals surface area (Å²) in [6.07, 6.45) is 6.36. The van der Waals surface area contributed by atoms with E-state index in [-0.39, 0.29) is 16.2 Å². The largest absolute Gasteiger partial charge is 0.345 e. The van der Waals surface area contributed by atoms with E-state index in [0.29, 0.717) is 0 Å². The molecule has 0 saturated carbocycles. The van der Waals surface area contributed by atoms with Crippen LogP contribution in [0.25, 0.3) is 33.8 Å². The molecule has 12 rings (SSSR count). The van der Waals surface area contributed by atoms with Gasteiger partial charge in [-0.05, 0) is 142 Å². The fraction of sp³-hybridized carbons (Fsp3) is 0.271. The molecule has 0 N–H and O–H groups in total. The second kappa shape index (κ2) is 19.3. The highest BCUT2D eigenvalue weighted by molar-refractivity contribution is 7.02. The number of fused-ring (bicyclic) bond motifs is 6. The molecule has 0 saturated heterocycles. The van der Waals surface area contributed by atoms with E-state index >= 15 is 0 Å². The molecule has 5 heterocycles. The lowest BCUT2D eigenvalue weighted by Gasteiger charge is -2.44. The number of aromatic nitrogens is 3. The number of rotatable bonds is 3. The normalized spacial score (nSPS) is 15.5. The van der Waals surface area contributed by atoms with Crippen LogP contribution in [0.4, 0.5) is 22.7 Å². The van der Waals surface area contributed by atoms with Gasteiger partial charge in [0.15, 0.2) is 18.6 Å². The van der Waals surface area contributed by atoms with Crippen LogP contribution in [0.5, 0.6) is 0 Å².